The molecule has 1 unspecified atom stereocenters. The number of nitriles is 1. The SMILES string of the molecule is Cc1cc(C#N)cc(C2CNCCO2)c1C. The van der Waals surface area contributed by atoms with Gasteiger partial charge in [-0.15, -0.1) is 0 Å². The first-order chi connectivity index (χ1) is 7.72. The molecule has 1 aliphatic rings. The zero-order chi connectivity index (χ0) is 11.5. The molecule has 0 amide bonds. The van der Waals surface area contributed by atoms with Crippen LogP contribution < -0.4 is 5.32 Å². The van der Waals surface area contributed by atoms with E-state index in [4.69, 9.17) is 10.00 Å². The summed E-state index contributed by atoms with van der Waals surface area (Å²) in [6.07, 6.45) is 0.0840. The van der Waals surface area contributed by atoms with E-state index in [-0.39, 0.29) is 6.10 Å². The Kier molecular flexibility index (Phi) is 3.23. The molecule has 1 fully saturated rings. The van der Waals surface area contributed by atoms with Gasteiger partial charge in [0.1, 0.15) is 0 Å². The van der Waals surface area contributed by atoms with Crippen molar-refractivity contribution in [2.45, 2.75) is 20.0 Å². The second-order valence-corrected chi connectivity index (χ2v) is 4.18. The van der Waals surface area contributed by atoms with E-state index >= 15 is 0 Å². The minimum absolute atomic E-state index is 0.0840. The Morgan fingerprint density at radius 1 is 1.44 bits per heavy atom. The lowest BCUT2D eigenvalue weighted by Crippen LogP contribution is -2.33. The van der Waals surface area contributed by atoms with Crippen molar-refractivity contribution in [3.05, 3.63) is 34.4 Å². The van der Waals surface area contributed by atoms with E-state index in [1.165, 1.54) is 5.56 Å². The van der Waals surface area contributed by atoms with Gasteiger partial charge in [-0.2, -0.15) is 5.26 Å². The Balaban J connectivity index is 2.38. The molecule has 1 N–H and O–H groups in total. The fraction of sp³-hybridized carbons (Fsp3) is 0.462. The summed E-state index contributed by atoms with van der Waals surface area (Å²) in [5.74, 6) is 0. The highest BCUT2D eigenvalue weighted by Gasteiger charge is 2.18. The van der Waals surface area contributed by atoms with Crippen LogP contribution in [0, 0.1) is 25.2 Å². The zero-order valence-electron chi connectivity index (χ0n) is 9.71. The Morgan fingerprint density at radius 2 is 2.25 bits per heavy atom. The second kappa shape index (κ2) is 4.65. The number of nitrogens with one attached hydrogen (secondary N) is 1. The van der Waals surface area contributed by atoms with E-state index in [2.05, 4.69) is 18.3 Å². The first-order valence-electron chi connectivity index (χ1n) is 5.56. The predicted molar refractivity (Wildman–Crippen MR) is 62.2 cm³/mol. The van der Waals surface area contributed by atoms with Crippen molar-refractivity contribution in [3.63, 3.8) is 0 Å². The number of ether oxygens (including phenoxy) is 1. The maximum absolute atomic E-state index is 8.97. The van der Waals surface area contributed by atoms with Gasteiger partial charge in [0.25, 0.3) is 0 Å². The van der Waals surface area contributed by atoms with Crippen LogP contribution in [0.15, 0.2) is 12.1 Å². The van der Waals surface area contributed by atoms with Crippen molar-refractivity contribution in [1.29, 1.82) is 5.26 Å². The summed E-state index contributed by atoms with van der Waals surface area (Å²) in [5, 5.41) is 12.3. The molecule has 0 saturated carbocycles. The number of aryl methyl sites for hydroxylation is 1. The third kappa shape index (κ3) is 2.08. The van der Waals surface area contributed by atoms with Gasteiger partial charge in [0.05, 0.1) is 24.3 Å². The van der Waals surface area contributed by atoms with Gasteiger partial charge in [0.2, 0.25) is 0 Å². The van der Waals surface area contributed by atoms with Gasteiger partial charge in [0.15, 0.2) is 0 Å². The molecule has 1 atom stereocenters. The summed E-state index contributed by atoms with van der Waals surface area (Å²) in [5.41, 5.74) is 4.24. The van der Waals surface area contributed by atoms with Crippen molar-refractivity contribution in [2.75, 3.05) is 19.7 Å². The molecule has 2 rings (SSSR count). The minimum atomic E-state index is 0.0840. The van der Waals surface area contributed by atoms with Gasteiger partial charge < -0.3 is 10.1 Å². The molecule has 0 aliphatic carbocycles. The third-order valence-electron chi connectivity index (χ3n) is 3.11. The average molecular weight is 216 g/mol. The highest BCUT2D eigenvalue weighted by Crippen LogP contribution is 2.25. The van der Waals surface area contributed by atoms with Gasteiger partial charge in [-0.1, -0.05) is 0 Å². The van der Waals surface area contributed by atoms with Gasteiger partial charge >= 0.3 is 0 Å². The number of nitrogens with zero attached hydrogens (tertiary/aromatic N) is 1. The zero-order valence-corrected chi connectivity index (χ0v) is 9.71. The van der Waals surface area contributed by atoms with Gasteiger partial charge in [0, 0.05) is 13.1 Å². The standard InChI is InChI=1S/C13H16N2O/c1-9-5-11(7-14)6-12(10(9)2)13-8-15-3-4-16-13/h5-6,13,15H,3-4,8H2,1-2H3. The number of rotatable bonds is 1. The molecule has 84 valence electrons. The van der Waals surface area contributed by atoms with Crippen LogP contribution in [0.5, 0.6) is 0 Å². The molecule has 1 saturated heterocycles. The quantitative estimate of drug-likeness (QED) is 0.779. The van der Waals surface area contributed by atoms with E-state index in [1.54, 1.807) is 0 Å². The van der Waals surface area contributed by atoms with Crippen molar-refractivity contribution in [1.82, 2.24) is 5.32 Å². The molecule has 3 nitrogen and oxygen atoms in total. The molecule has 0 radical (unpaired) electrons. The van der Waals surface area contributed by atoms with Crippen LogP contribution in [0.25, 0.3) is 0 Å². The molecular weight excluding hydrogens is 200 g/mol. The number of hydrogen-bond acceptors (Lipinski definition) is 3. The molecule has 0 aromatic heterocycles. The van der Waals surface area contributed by atoms with E-state index in [0.29, 0.717) is 5.56 Å². The van der Waals surface area contributed by atoms with Crippen molar-refractivity contribution in [2.24, 2.45) is 0 Å². The fourth-order valence-corrected chi connectivity index (χ4v) is 2.05. The summed E-state index contributed by atoms with van der Waals surface area (Å²) in [6.45, 7) is 6.60. The van der Waals surface area contributed by atoms with E-state index in [9.17, 15) is 0 Å². The maximum Gasteiger partial charge on any atom is 0.0991 e. The first kappa shape index (κ1) is 11.1. The highest BCUT2D eigenvalue weighted by atomic mass is 16.5. The van der Waals surface area contributed by atoms with Crippen LogP contribution in [0.2, 0.25) is 0 Å². The van der Waals surface area contributed by atoms with E-state index < -0.39 is 0 Å². The van der Waals surface area contributed by atoms with Crippen LogP contribution in [0.3, 0.4) is 0 Å². The Bertz CT molecular complexity index is 428. The summed E-state index contributed by atoms with van der Waals surface area (Å²) < 4.78 is 5.73. The van der Waals surface area contributed by atoms with Crippen LogP contribution in [-0.2, 0) is 4.74 Å². The molecule has 1 aliphatic heterocycles. The fourth-order valence-electron chi connectivity index (χ4n) is 2.05. The van der Waals surface area contributed by atoms with E-state index in [1.807, 2.05) is 19.1 Å². The topological polar surface area (TPSA) is 45.0 Å². The normalized spacial score (nSPS) is 20.4. The molecule has 1 heterocycles. The molecule has 1 aromatic carbocycles. The number of hydrogen-bond donors (Lipinski definition) is 1. The summed E-state index contributed by atoms with van der Waals surface area (Å²) in [6, 6.07) is 6.07. The number of benzene rings is 1. The van der Waals surface area contributed by atoms with Gasteiger partial charge in [-0.3, -0.25) is 0 Å². The Labute approximate surface area is 96.0 Å². The second-order valence-electron chi connectivity index (χ2n) is 4.18. The monoisotopic (exact) mass is 216 g/mol. The largest absolute Gasteiger partial charge is 0.371 e. The molecule has 0 spiro atoms. The van der Waals surface area contributed by atoms with Gasteiger partial charge in [-0.05, 0) is 42.7 Å². The minimum Gasteiger partial charge on any atom is -0.371 e. The first-order valence-corrected chi connectivity index (χ1v) is 5.56. The average Bonchev–Trinajstić information content (AvgIpc) is 2.33. The summed E-state index contributed by atoms with van der Waals surface area (Å²) in [4.78, 5) is 0. The van der Waals surface area contributed by atoms with Crippen molar-refractivity contribution < 1.29 is 4.74 Å². The smallest absolute Gasteiger partial charge is 0.0991 e. The van der Waals surface area contributed by atoms with Crippen LogP contribution in [0.4, 0.5) is 0 Å². The lowest BCUT2D eigenvalue weighted by atomic mass is 9.96. The summed E-state index contributed by atoms with van der Waals surface area (Å²) >= 11 is 0. The molecule has 1 aromatic rings. The highest BCUT2D eigenvalue weighted by molar-refractivity contribution is 5.44. The molecule has 16 heavy (non-hydrogen) atoms. The maximum atomic E-state index is 8.97. The van der Waals surface area contributed by atoms with E-state index in [0.717, 1.165) is 30.8 Å². The Hall–Kier alpha value is -1.37. The lowest BCUT2D eigenvalue weighted by Gasteiger charge is -2.26. The van der Waals surface area contributed by atoms with Crippen molar-refractivity contribution >= 4 is 0 Å². The van der Waals surface area contributed by atoms with Crippen LogP contribution >= 0.6 is 0 Å². The van der Waals surface area contributed by atoms with Crippen LogP contribution in [-0.4, -0.2) is 19.7 Å². The number of morpholine rings is 1. The third-order valence-corrected chi connectivity index (χ3v) is 3.11. The van der Waals surface area contributed by atoms with Crippen LogP contribution in [0.1, 0.15) is 28.4 Å². The van der Waals surface area contributed by atoms with Crippen molar-refractivity contribution in [3.8, 4) is 6.07 Å². The molecular formula is C13H16N2O. The molecule has 0 bridgehead atoms. The van der Waals surface area contributed by atoms with Gasteiger partial charge in [-0.25, -0.2) is 0 Å². The lowest BCUT2D eigenvalue weighted by molar-refractivity contribution is 0.0273. The summed E-state index contributed by atoms with van der Waals surface area (Å²) in [7, 11) is 0. The predicted octanol–water partition coefficient (Wildman–Crippen LogP) is 1.84. The Morgan fingerprint density at radius 3 is 2.88 bits per heavy atom. The molecule has 3 heteroatoms.